The summed E-state index contributed by atoms with van der Waals surface area (Å²) in [7, 11) is 0. The highest BCUT2D eigenvalue weighted by atomic mass is 32.1. The van der Waals surface area contributed by atoms with E-state index >= 15 is 0 Å². The summed E-state index contributed by atoms with van der Waals surface area (Å²) in [6.45, 7) is 0. The summed E-state index contributed by atoms with van der Waals surface area (Å²) < 4.78 is 0. The molecule has 4 heteroatoms. The maximum atomic E-state index is 12.1. The predicted octanol–water partition coefficient (Wildman–Crippen LogP) is 3.92. The van der Waals surface area contributed by atoms with Gasteiger partial charge in [0.05, 0.1) is 17.1 Å². The first-order valence-corrected chi connectivity index (χ1v) is 7.54. The van der Waals surface area contributed by atoms with Gasteiger partial charge in [0.1, 0.15) is 0 Å². The molecular weight excluding hydrogens is 292 g/mol. The van der Waals surface area contributed by atoms with E-state index in [2.05, 4.69) is 22.6 Å². The van der Waals surface area contributed by atoms with E-state index in [0.717, 1.165) is 22.5 Å². The summed E-state index contributed by atoms with van der Waals surface area (Å²) in [6.07, 6.45) is 3.47. The van der Waals surface area contributed by atoms with Crippen molar-refractivity contribution in [3.8, 4) is 22.5 Å². The second-order valence-electron chi connectivity index (χ2n) is 4.77. The lowest BCUT2D eigenvalue weighted by molar-refractivity contribution is 0.102. The molecule has 2 aromatic heterocycles. The monoisotopic (exact) mass is 306 g/mol. The molecule has 0 saturated carbocycles. The lowest BCUT2D eigenvalue weighted by Crippen LogP contribution is -2.04. The highest BCUT2D eigenvalue weighted by Crippen LogP contribution is 2.28. The molecule has 0 aliphatic heterocycles. The molecule has 3 rings (SSSR count). The third-order valence-electron chi connectivity index (χ3n) is 3.37. The molecule has 2 heterocycles. The lowest BCUT2D eigenvalue weighted by Gasteiger charge is -2.10. The molecule has 108 valence electrons. The molecule has 3 aromatic rings. The van der Waals surface area contributed by atoms with Crippen LogP contribution in [0.5, 0.6) is 0 Å². The number of aromatic nitrogens is 2. The van der Waals surface area contributed by atoms with E-state index in [1.54, 1.807) is 12.4 Å². The van der Waals surface area contributed by atoms with Gasteiger partial charge in [-0.1, -0.05) is 24.3 Å². The van der Waals surface area contributed by atoms with Crippen molar-refractivity contribution in [3.05, 3.63) is 72.6 Å². The second-order valence-corrected chi connectivity index (χ2v) is 5.09. The normalized spacial score (nSPS) is 10.4. The number of hydrogen-bond acceptors (Lipinski definition) is 4. The minimum Gasteiger partial charge on any atom is -0.293 e. The van der Waals surface area contributed by atoms with Gasteiger partial charge in [-0.25, -0.2) is 0 Å². The standard InChI is InChI=1S/C18H14N2OS/c21-18(12-22)14-8-7-13(16-5-1-3-9-19-16)11-15(14)17-6-2-4-10-20-17/h1-11,22H,12H2. The van der Waals surface area contributed by atoms with Gasteiger partial charge < -0.3 is 0 Å². The molecule has 0 unspecified atom stereocenters. The van der Waals surface area contributed by atoms with Crippen LogP contribution in [0.1, 0.15) is 10.4 Å². The van der Waals surface area contributed by atoms with Crippen LogP contribution in [0.3, 0.4) is 0 Å². The summed E-state index contributed by atoms with van der Waals surface area (Å²) in [6, 6.07) is 17.1. The Kier molecular flexibility index (Phi) is 4.30. The van der Waals surface area contributed by atoms with Crippen molar-refractivity contribution in [1.82, 2.24) is 9.97 Å². The van der Waals surface area contributed by atoms with Gasteiger partial charge in [0.15, 0.2) is 5.78 Å². The first-order chi connectivity index (χ1) is 10.8. The number of benzene rings is 1. The molecule has 22 heavy (non-hydrogen) atoms. The summed E-state index contributed by atoms with van der Waals surface area (Å²) >= 11 is 4.10. The Hall–Kier alpha value is -2.46. The number of pyridine rings is 2. The summed E-state index contributed by atoms with van der Waals surface area (Å²) in [5, 5.41) is 0. The molecule has 0 atom stereocenters. The van der Waals surface area contributed by atoms with Crippen LogP contribution in [-0.2, 0) is 0 Å². The Morgan fingerprint density at radius 3 is 2.18 bits per heavy atom. The number of thiol groups is 1. The van der Waals surface area contributed by atoms with Crippen LogP contribution >= 0.6 is 12.6 Å². The number of carbonyl (C=O) groups excluding carboxylic acids is 1. The smallest absolute Gasteiger partial charge is 0.173 e. The van der Waals surface area contributed by atoms with E-state index in [-0.39, 0.29) is 11.5 Å². The van der Waals surface area contributed by atoms with Crippen molar-refractivity contribution in [3.63, 3.8) is 0 Å². The van der Waals surface area contributed by atoms with Crippen molar-refractivity contribution in [2.45, 2.75) is 0 Å². The van der Waals surface area contributed by atoms with Gasteiger partial charge in [-0.2, -0.15) is 12.6 Å². The van der Waals surface area contributed by atoms with Crippen LogP contribution in [-0.4, -0.2) is 21.5 Å². The van der Waals surface area contributed by atoms with Gasteiger partial charge in [-0.3, -0.25) is 14.8 Å². The summed E-state index contributed by atoms with van der Waals surface area (Å²) in [5.74, 6) is 0.152. The topological polar surface area (TPSA) is 42.9 Å². The molecule has 0 N–H and O–H groups in total. The summed E-state index contributed by atoms with van der Waals surface area (Å²) in [5.41, 5.74) is 4.03. The molecule has 0 aliphatic carbocycles. The predicted molar refractivity (Wildman–Crippen MR) is 91.1 cm³/mol. The number of ketones is 1. The van der Waals surface area contributed by atoms with Crippen LogP contribution in [0.15, 0.2) is 67.0 Å². The Bertz CT molecular complexity index is 789. The molecule has 0 amide bonds. The fraction of sp³-hybridized carbons (Fsp3) is 0.0556. The van der Waals surface area contributed by atoms with E-state index < -0.39 is 0 Å². The average Bonchev–Trinajstić information content (AvgIpc) is 2.62. The van der Waals surface area contributed by atoms with Crippen molar-refractivity contribution in [1.29, 1.82) is 0 Å². The Labute approximate surface area is 134 Å². The highest BCUT2D eigenvalue weighted by molar-refractivity contribution is 7.81. The van der Waals surface area contributed by atoms with Crippen molar-refractivity contribution in [2.24, 2.45) is 0 Å². The number of nitrogens with zero attached hydrogens (tertiary/aromatic N) is 2. The lowest BCUT2D eigenvalue weighted by atomic mass is 9.97. The van der Waals surface area contributed by atoms with Gasteiger partial charge in [0, 0.05) is 29.1 Å². The van der Waals surface area contributed by atoms with Crippen molar-refractivity contribution < 1.29 is 4.79 Å². The van der Waals surface area contributed by atoms with Crippen LogP contribution in [0.2, 0.25) is 0 Å². The molecule has 3 nitrogen and oxygen atoms in total. The average molecular weight is 306 g/mol. The van der Waals surface area contributed by atoms with Crippen molar-refractivity contribution >= 4 is 18.4 Å². The van der Waals surface area contributed by atoms with Gasteiger partial charge in [-0.15, -0.1) is 0 Å². The molecule has 1 aromatic carbocycles. The second kappa shape index (κ2) is 6.54. The van der Waals surface area contributed by atoms with Gasteiger partial charge >= 0.3 is 0 Å². The van der Waals surface area contributed by atoms with E-state index in [9.17, 15) is 4.79 Å². The van der Waals surface area contributed by atoms with Gasteiger partial charge in [0.2, 0.25) is 0 Å². The zero-order valence-electron chi connectivity index (χ0n) is 11.8. The fourth-order valence-corrected chi connectivity index (χ4v) is 2.47. The quantitative estimate of drug-likeness (QED) is 0.587. The first-order valence-electron chi connectivity index (χ1n) is 6.90. The Morgan fingerprint density at radius 2 is 1.59 bits per heavy atom. The van der Waals surface area contributed by atoms with Crippen LogP contribution < -0.4 is 0 Å². The number of rotatable bonds is 4. The van der Waals surface area contributed by atoms with E-state index in [1.807, 2.05) is 54.6 Å². The highest BCUT2D eigenvalue weighted by Gasteiger charge is 2.14. The molecule has 0 radical (unpaired) electrons. The minimum absolute atomic E-state index is 0.0171. The van der Waals surface area contributed by atoms with Gasteiger partial charge in [-0.05, 0) is 30.3 Å². The van der Waals surface area contributed by atoms with E-state index in [1.165, 1.54) is 0 Å². The Balaban J connectivity index is 2.17. The van der Waals surface area contributed by atoms with E-state index in [4.69, 9.17) is 0 Å². The van der Waals surface area contributed by atoms with Crippen LogP contribution in [0.4, 0.5) is 0 Å². The Morgan fingerprint density at radius 1 is 0.909 bits per heavy atom. The van der Waals surface area contributed by atoms with E-state index in [0.29, 0.717) is 5.56 Å². The molecule has 0 bridgehead atoms. The molecule has 0 aliphatic rings. The SMILES string of the molecule is O=C(CS)c1ccc(-c2ccccn2)cc1-c1ccccn1. The number of hydrogen-bond donors (Lipinski definition) is 1. The fourth-order valence-electron chi connectivity index (χ4n) is 2.30. The zero-order chi connectivity index (χ0) is 15.4. The summed E-state index contributed by atoms with van der Waals surface area (Å²) in [4.78, 5) is 20.9. The first kappa shape index (κ1) is 14.5. The third kappa shape index (κ3) is 2.92. The third-order valence-corrected chi connectivity index (χ3v) is 3.65. The number of Topliss-reactive ketones (excluding diaryl/α,β-unsaturated/α-hetero) is 1. The largest absolute Gasteiger partial charge is 0.293 e. The molecular formula is C18H14N2OS. The maximum Gasteiger partial charge on any atom is 0.173 e. The van der Waals surface area contributed by atoms with Crippen LogP contribution in [0.25, 0.3) is 22.5 Å². The minimum atomic E-state index is -0.0171. The molecule has 0 fully saturated rings. The van der Waals surface area contributed by atoms with Crippen molar-refractivity contribution in [2.75, 3.05) is 5.75 Å². The van der Waals surface area contributed by atoms with Crippen LogP contribution in [0, 0.1) is 0 Å². The molecule has 0 spiro atoms. The number of carbonyl (C=O) groups is 1. The zero-order valence-corrected chi connectivity index (χ0v) is 12.7. The maximum absolute atomic E-state index is 12.1. The molecule has 0 saturated heterocycles. The van der Waals surface area contributed by atoms with Gasteiger partial charge in [0.25, 0.3) is 0 Å².